The van der Waals surface area contributed by atoms with E-state index >= 15 is 0 Å². The summed E-state index contributed by atoms with van der Waals surface area (Å²) in [5.74, 6) is -0.101. The van der Waals surface area contributed by atoms with E-state index < -0.39 is 11.6 Å². The number of hydrogen-bond acceptors (Lipinski definition) is 4. The topological polar surface area (TPSA) is 49.3 Å². The molecule has 1 unspecified atom stereocenters. The number of hydrogen-bond donors (Lipinski definition) is 1. The Kier molecular flexibility index (Phi) is 14.2. The van der Waals surface area contributed by atoms with Crippen molar-refractivity contribution in [2.45, 2.75) is 32.2 Å². The first kappa shape index (κ1) is 28.0. The summed E-state index contributed by atoms with van der Waals surface area (Å²) < 4.78 is 38.0. The zero-order valence-corrected chi connectivity index (χ0v) is 21.2. The molecule has 2 rings (SSSR count). The highest BCUT2D eigenvalue weighted by atomic mass is 127. The molecule has 1 aliphatic rings. The van der Waals surface area contributed by atoms with Gasteiger partial charge in [0.05, 0.1) is 13.2 Å². The van der Waals surface area contributed by atoms with Gasteiger partial charge in [-0.25, -0.2) is 8.78 Å². The molecule has 0 aliphatic carbocycles. The number of benzene rings is 1. The molecular weight excluding hydrogens is 517 g/mol. The van der Waals surface area contributed by atoms with Gasteiger partial charge in [0.2, 0.25) is 0 Å². The lowest BCUT2D eigenvalue weighted by Gasteiger charge is -2.40. The summed E-state index contributed by atoms with van der Waals surface area (Å²) >= 11 is 0. The largest absolute Gasteiger partial charge is 0.382 e. The standard InChI is InChI=1S/C22H36F2N4O2.HI/c1-4-21(19-8-7-18(23)17-20(19)24)27-10-12-28(13-11-27)22(25-2)26-9-5-6-14-30-16-15-29-3;/h7-8,17,21H,4-6,9-16H2,1-3H3,(H,25,26);1H. The van der Waals surface area contributed by atoms with Gasteiger partial charge in [0, 0.05) is 71.2 Å². The first-order chi connectivity index (χ1) is 14.6. The average molecular weight is 554 g/mol. The number of methoxy groups -OCH3 is 1. The van der Waals surface area contributed by atoms with Crippen LogP contribution in [0.25, 0.3) is 0 Å². The number of guanidine groups is 1. The molecular formula is C22H37F2IN4O2. The minimum atomic E-state index is -0.535. The molecule has 1 aliphatic heterocycles. The van der Waals surface area contributed by atoms with Gasteiger partial charge < -0.3 is 19.7 Å². The predicted molar refractivity (Wildman–Crippen MR) is 131 cm³/mol. The van der Waals surface area contributed by atoms with E-state index in [1.54, 1.807) is 20.2 Å². The normalized spacial score (nSPS) is 16.2. The quantitative estimate of drug-likeness (QED) is 0.196. The lowest BCUT2D eigenvalue weighted by molar-refractivity contribution is 0.0689. The smallest absolute Gasteiger partial charge is 0.193 e. The monoisotopic (exact) mass is 554 g/mol. The van der Waals surface area contributed by atoms with Crippen molar-refractivity contribution >= 4 is 29.9 Å². The Morgan fingerprint density at radius 2 is 1.87 bits per heavy atom. The van der Waals surface area contributed by atoms with Crippen LogP contribution in [0.15, 0.2) is 23.2 Å². The molecule has 0 amide bonds. The van der Waals surface area contributed by atoms with Gasteiger partial charge in [-0.15, -0.1) is 24.0 Å². The maximum absolute atomic E-state index is 14.3. The van der Waals surface area contributed by atoms with Crippen LogP contribution in [-0.2, 0) is 9.47 Å². The van der Waals surface area contributed by atoms with Crippen LogP contribution in [0.4, 0.5) is 8.78 Å². The molecule has 0 saturated carbocycles. The van der Waals surface area contributed by atoms with Gasteiger partial charge in [-0.05, 0) is 25.3 Å². The van der Waals surface area contributed by atoms with E-state index in [1.807, 2.05) is 6.92 Å². The molecule has 0 radical (unpaired) electrons. The Bertz CT molecular complexity index is 658. The van der Waals surface area contributed by atoms with Crippen molar-refractivity contribution < 1.29 is 18.3 Å². The zero-order valence-electron chi connectivity index (χ0n) is 18.9. The third-order valence-electron chi connectivity index (χ3n) is 5.40. The van der Waals surface area contributed by atoms with Crippen LogP contribution in [0.5, 0.6) is 0 Å². The highest BCUT2D eigenvalue weighted by Crippen LogP contribution is 2.28. The Morgan fingerprint density at radius 1 is 1.13 bits per heavy atom. The third-order valence-corrected chi connectivity index (χ3v) is 5.40. The molecule has 6 nitrogen and oxygen atoms in total. The highest BCUT2D eigenvalue weighted by molar-refractivity contribution is 14.0. The van der Waals surface area contributed by atoms with Crippen LogP contribution < -0.4 is 5.32 Å². The molecule has 9 heteroatoms. The van der Waals surface area contributed by atoms with Crippen LogP contribution in [-0.4, -0.2) is 82.5 Å². The first-order valence-electron chi connectivity index (χ1n) is 10.8. The van der Waals surface area contributed by atoms with Crippen molar-refractivity contribution in [3.8, 4) is 0 Å². The number of ether oxygens (including phenoxy) is 2. The molecule has 1 N–H and O–H groups in total. The number of unbranched alkanes of at least 4 members (excludes halogenated alkanes) is 1. The second-order valence-corrected chi connectivity index (χ2v) is 7.40. The molecule has 0 bridgehead atoms. The molecule has 1 heterocycles. The lowest BCUT2D eigenvalue weighted by atomic mass is 10.0. The number of nitrogens with zero attached hydrogens (tertiary/aromatic N) is 3. The summed E-state index contributed by atoms with van der Waals surface area (Å²) in [5.41, 5.74) is 0.572. The predicted octanol–water partition coefficient (Wildman–Crippen LogP) is 3.67. The van der Waals surface area contributed by atoms with E-state index in [4.69, 9.17) is 9.47 Å². The molecule has 1 aromatic carbocycles. The van der Waals surface area contributed by atoms with Crippen molar-refractivity contribution in [1.29, 1.82) is 0 Å². The minimum Gasteiger partial charge on any atom is -0.382 e. The molecule has 1 fully saturated rings. The van der Waals surface area contributed by atoms with Gasteiger partial charge in [-0.3, -0.25) is 9.89 Å². The maximum atomic E-state index is 14.3. The van der Waals surface area contributed by atoms with Crippen molar-refractivity contribution in [2.75, 3.05) is 66.7 Å². The van der Waals surface area contributed by atoms with E-state index in [0.29, 0.717) is 18.8 Å². The molecule has 0 spiro atoms. The lowest BCUT2D eigenvalue weighted by Crippen LogP contribution is -2.53. The molecule has 0 aromatic heterocycles. The van der Waals surface area contributed by atoms with E-state index in [0.717, 1.165) is 70.6 Å². The molecule has 1 atom stereocenters. The van der Waals surface area contributed by atoms with Gasteiger partial charge >= 0.3 is 0 Å². The molecule has 1 aromatic rings. The van der Waals surface area contributed by atoms with Crippen molar-refractivity contribution in [3.05, 3.63) is 35.4 Å². The highest BCUT2D eigenvalue weighted by Gasteiger charge is 2.27. The first-order valence-corrected chi connectivity index (χ1v) is 10.8. The van der Waals surface area contributed by atoms with Crippen LogP contribution in [0.1, 0.15) is 37.8 Å². The van der Waals surface area contributed by atoms with E-state index in [2.05, 4.69) is 20.1 Å². The third kappa shape index (κ3) is 9.15. The van der Waals surface area contributed by atoms with Crippen LogP contribution in [0.2, 0.25) is 0 Å². The van der Waals surface area contributed by atoms with Gasteiger partial charge in [-0.2, -0.15) is 0 Å². The van der Waals surface area contributed by atoms with Gasteiger partial charge in [0.1, 0.15) is 11.6 Å². The number of piperazine rings is 1. The number of aliphatic imine (C=N–C) groups is 1. The van der Waals surface area contributed by atoms with E-state index in [-0.39, 0.29) is 30.0 Å². The van der Waals surface area contributed by atoms with Gasteiger partial charge in [0.25, 0.3) is 0 Å². The molecule has 178 valence electrons. The van der Waals surface area contributed by atoms with Crippen LogP contribution >= 0.6 is 24.0 Å². The van der Waals surface area contributed by atoms with E-state index in [1.165, 1.54) is 6.07 Å². The summed E-state index contributed by atoms with van der Waals surface area (Å²) in [6.45, 7) is 8.14. The Morgan fingerprint density at radius 3 is 2.48 bits per heavy atom. The molecule has 31 heavy (non-hydrogen) atoms. The van der Waals surface area contributed by atoms with Crippen molar-refractivity contribution in [1.82, 2.24) is 15.1 Å². The Hall–Kier alpha value is -1.04. The summed E-state index contributed by atoms with van der Waals surface area (Å²) in [6.07, 6.45) is 2.78. The van der Waals surface area contributed by atoms with Crippen LogP contribution in [0.3, 0.4) is 0 Å². The average Bonchev–Trinajstić information content (AvgIpc) is 2.75. The SMILES string of the molecule is CCC(c1ccc(F)cc1F)N1CCN(C(=NC)NCCCCOCCOC)CC1.I. The van der Waals surface area contributed by atoms with Crippen molar-refractivity contribution in [3.63, 3.8) is 0 Å². The van der Waals surface area contributed by atoms with Gasteiger partial charge in [0.15, 0.2) is 5.96 Å². The summed E-state index contributed by atoms with van der Waals surface area (Å²) in [7, 11) is 3.47. The second kappa shape index (κ2) is 15.7. The van der Waals surface area contributed by atoms with E-state index in [9.17, 15) is 8.78 Å². The minimum absolute atomic E-state index is 0. The van der Waals surface area contributed by atoms with Crippen LogP contribution in [0, 0.1) is 11.6 Å². The number of nitrogens with one attached hydrogen (secondary N) is 1. The fraction of sp³-hybridized carbons (Fsp3) is 0.682. The molecule has 1 saturated heterocycles. The summed E-state index contributed by atoms with van der Waals surface area (Å²) in [5, 5.41) is 3.42. The zero-order chi connectivity index (χ0) is 21.8. The summed E-state index contributed by atoms with van der Waals surface area (Å²) in [6, 6.07) is 3.85. The maximum Gasteiger partial charge on any atom is 0.193 e. The Balaban J connectivity index is 0.00000480. The summed E-state index contributed by atoms with van der Waals surface area (Å²) in [4.78, 5) is 8.92. The fourth-order valence-corrected chi connectivity index (χ4v) is 3.80. The number of halogens is 3. The fourth-order valence-electron chi connectivity index (χ4n) is 3.80. The second-order valence-electron chi connectivity index (χ2n) is 7.40. The Labute approximate surface area is 202 Å². The van der Waals surface area contributed by atoms with Gasteiger partial charge in [-0.1, -0.05) is 13.0 Å². The number of rotatable bonds is 11. The van der Waals surface area contributed by atoms with Crippen molar-refractivity contribution in [2.24, 2.45) is 4.99 Å².